The molecule has 3 heterocycles. The van der Waals surface area contributed by atoms with Crippen molar-refractivity contribution in [3.63, 3.8) is 0 Å². The van der Waals surface area contributed by atoms with Crippen LogP contribution in [0.25, 0.3) is 0 Å². The third-order valence-corrected chi connectivity index (χ3v) is 6.12. The van der Waals surface area contributed by atoms with Crippen LogP contribution in [0.4, 0.5) is 4.39 Å². The van der Waals surface area contributed by atoms with E-state index in [1.54, 1.807) is 6.07 Å². The van der Waals surface area contributed by atoms with E-state index in [0.717, 1.165) is 0 Å². The van der Waals surface area contributed by atoms with Crippen LogP contribution in [0.5, 0.6) is 5.75 Å². The van der Waals surface area contributed by atoms with Crippen LogP contribution in [0.2, 0.25) is 0 Å². The Labute approximate surface area is 180 Å². The van der Waals surface area contributed by atoms with E-state index in [0.29, 0.717) is 22.8 Å². The smallest absolute Gasteiger partial charge is 0.352 e. The van der Waals surface area contributed by atoms with Gasteiger partial charge in [-0.1, -0.05) is 12.7 Å². The summed E-state index contributed by atoms with van der Waals surface area (Å²) in [6.07, 6.45) is 1.42. The van der Waals surface area contributed by atoms with Gasteiger partial charge in [-0.05, 0) is 42.0 Å². The number of thioether (sulfide) groups is 1. The number of amides is 2. The van der Waals surface area contributed by atoms with E-state index in [9.17, 15) is 23.9 Å². The number of carboxylic acid groups (broad SMARTS) is 1. The van der Waals surface area contributed by atoms with Gasteiger partial charge in [-0.25, -0.2) is 9.18 Å². The number of carbonyl (C=O) groups excluding carboxylic acids is 2. The minimum Gasteiger partial charge on any atom is -0.486 e. The molecule has 0 radical (unpaired) electrons. The van der Waals surface area contributed by atoms with Gasteiger partial charge < -0.3 is 19.6 Å². The highest BCUT2D eigenvalue weighted by molar-refractivity contribution is 8.00. The van der Waals surface area contributed by atoms with Crippen molar-refractivity contribution in [2.24, 2.45) is 0 Å². The number of aliphatic carboxylic acids is 1. The van der Waals surface area contributed by atoms with Gasteiger partial charge in [0.1, 0.15) is 41.0 Å². The summed E-state index contributed by atoms with van der Waals surface area (Å²) in [5, 5.41) is 11.5. The Hall–Kier alpha value is -3.53. The summed E-state index contributed by atoms with van der Waals surface area (Å²) in [7, 11) is 0. The van der Waals surface area contributed by atoms with Crippen LogP contribution >= 0.6 is 11.8 Å². The van der Waals surface area contributed by atoms with E-state index in [1.165, 1.54) is 53.1 Å². The molecule has 0 unspecified atom stereocenters. The Bertz CT molecular complexity index is 1090. The number of nitrogens with zero attached hydrogens (tertiary/aromatic N) is 1. The Morgan fingerprint density at radius 3 is 2.74 bits per heavy atom. The van der Waals surface area contributed by atoms with Crippen molar-refractivity contribution >= 4 is 29.5 Å². The maximum absolute atomic E-state index is 12.9. The van der Waals surface area contributed by atoms with Gasteiger partial charge in [0.2, 0.25) is 0 Å². The van der Waals surface area contributed by atoms with Crippen molar-refractivity contribution in [2.75, 3.05) is 5.75 Å². The largest absolute Gasteiger partial charge is 0.486 e. The zero-order valence-corrected chi connectivity index (χ0v) is 16.9. The fraction of sp³-hybridized carbons (Fsp3) is 0.190. The normalized spacial score (nSPS) is 20.0. The molecule has 2 aliphatic heterocycles. The lowest BCUT2D eigenvalue weighted by Gasteiger charge is -2.49. The van der Waals surface area contributed by atoms with E-state index >= 15 is 0 Å². The molecule has 1 saturated heterocycles. The molecular formula is C21H17FN2O6S. The predicted octanol–water partition coefficient (Wildman–Crippen LogP) is 2.54. The minimum atomic E-state index is -1.21. The summed E-state index contributed by atoms with van der Waals surface area (Å²) in [6.45, 7) is 3.62. The van der Waals surface area contributed by atoms with Crippen molar-refractivity contribution < 1.29 is 33.0 Å². The summed E-state index contributed by atoms with van der Waals surface area (Å²) in [4.78, 5) is 37.8. The number of halogens is 1. The number of carboxylic acids is 1. The molecule has 4 rings (SSSR count). The molecule has 1 fully saturated rings. The van der Waals surface area contributed by atoms with Gasteiger partial charge in [-0.2, -0.15) is 0 Å². The topological polar surface area (TPSA) is 109 Å². The Kier molecular flexibility index (Phi) is 5.55. The lowest BCUT2D eigenvalue weighted by atomic mass is 10.0. The average molecular weight is 444 g/mol. The molecule has 2 aliphatic rings. The summed E-state index contributed by atoms with van der Waals surface area (Å²) < 4.78 is 23.9. The summed E-state index contributed by atoms with van der Waals surface area (Å²) in [5.74, 6) is -1.51. The van der Waals surface area contributed by atoms with Crippen LogP contribution in [0.1, 0.15) is 16.3 Å². The lowest BCUT2D eigenvalue weighted by molar-refractivity contribution is -0.148. The number of rotatable bonds is 7. The van der Waals surface area contributed by atoms with Crippen molar-refractivity contribution in [2.45, 2.75) is 18.0 Å². The van der Waals surface area contributed by atoms with Gasteiger partial charge >= 0.3 is 5.97 Å². The lowest BCUT2D eigenvalue weighted by Crippen LogP contribution is -2.70. The maximum atomic E-state index is 12.9. The van der Waals surface area contributed by atoms with Crippen LogP contribution in [-0.2, 0) is 16.2 Å². The number of carbonyl (C=O) groups is 3. The first-order valence-electron chi connectivity index (χ1n) is 9.20. The maximum Gasteiger partial charge on any atom is 0.352 e. The molecule has 0 bridgehead atoms. The molecule has 0 saturated carbocycles. The third-order valence-electron chi connectivity index (χ3n) is 4.81. The van der Waals surface area contributed by atoms with Crippen LogP contribution < -0.4 is 10.1 Å². The standard InChI is InChI=1S/C21H17FN2O6S/c1-2-11-10-31-20-16(19(26)24(20)17(11)21(27)28)23-18(25)15-8-7-14(30-15)9-29-13-5-3-12(22)4-6-13/h2-8,16,20H,1,9-10H2,(H,23,25)(H,27,28)/t16-,20-/m1/s1. The van der Waals surface area contributed by atoms with Crippen LogP contribution in [0, 0.1) is 5.82 Å². The number of furan rings is 1. The van der Waals surface area contributed by atoms with Crippen LogP contribution in [0.15, 0.2) is 64.7 Å². The number of β-lactam (4-membered cyclic amide) rings is 1. The molecule has 160 valence electrons. The van der Waals surface area contributed by atoms with Crippen molar-refractivity contribution in [1.82, 2.24) is 10.2 Å². The van der Waals surface area contributed by atoms with Gasteiger partial charge in [0, 0.05) is 5.75 Å². The summed E-state index contributed by atoms with van der Waals surface area (Å²) >= 11 is 1.35. The molecule has 8 nitrogen and oxygen atoms in total. The Morgan fingerprint density at radius 1 is 1.32 bits per heavy atom. The quantitative estimate of drug-likeness (QED) is 0.632. The second-order valence-corrected chi connectivity index (χ2v) is 7.86. The zero-order valence-electron chi connectivity index (χ0n) is 16.0. The van der Waals surface area contributed by atoms with E-state index in [2.05, 4.69) is 11.9 Å². The monoisotopic (exact) mass is 444 g/mol. The molecule has 0 spiro atoms. The van der Waals surface area contributed by atoms with Gasteiger partial charge in [0.15, 0.2) is 5.76 Å². The fourth-order valence-corrected chi connectivity index (χ4v) is 4.61. The molecule has 2 atom stereocenters. The van der Waals surface area contributed by atoms with Crippen molar-refractivity contribution in [3.05, 3.63) is 77.7 Å². The number of hydrogen-bond acceptors (Lipinski definition) is 6. The van der Waals surface area contributed by atoms with Gasteiger partial charge in [-0.15, -0.1) is 11.8 Å². The number of hydrogen-bond donors (Lipinski definition) is 2. The number of allylic oxidation sites excluding steroid dienone is 1. The summed E-state index contributed by atoms with van der Waals surface area (Å²) in [5.41, 5.74) is 0.358. The highest BCUT2D eigenvalue weighted by Crippen LogP contribution is 2.40. The van der Waals surface area contributed by atoms with E-state index in [4.69, 9.17) is 9.15 Å². The Balaban J connectivity index is 1.38. The van der Waals surface area contributed by atoms with Crippen molar-refractivity contribution in [3.8, 4) is 5.75 Å². The molecule has 2 amide bonds. The first-order chi connectivity index (χ1) is 14.9. The van der Waals surface area contributed by atoms with Crippen LogP contribution in [0.3, 0.4) is 0 Å². The Morgan fingerprint density at radius 2 is 2.06 bits per heavy atom. The molecule has 0 aliphatic carbocycles. The summed E-state index contributed by atoms with van der Waals surface area (Å²) in [6, 6.07) is 7.63. The van der Waals surface area contributed by atoms with Crippen LogP contribution in [-0.4, -0.2) is 45.0 Å². The first kappa shape index (κ1) is 20.7. The molecule has 2 aromatic rings. The fourth-order valence-electron chi connectivity index (χ4n) is 3.27. The van der Waals surface area contributed by atoms with E-state index < -0.39 is 29.2 Å². The number of ether oxygens (including phenoxy) is 1. The molecule has 31 heavy (non-hydrogen) atoms. The molecule has 1 aromatic heterocycles. The third kappa shape index (κ3) is 3.93. The molecular weight excluding hydrogens is 427 g/mol. The number of fused-ring (bicyclic) bond motifs is 1. The van der Waals surface area contributed by atoms with E-state index in [1.807, 2.05) is 0 Å². The van der Waals surface area contributed by atoms with Gasteiger partial charge in [0.05, 0.1) is 0 Å². The molecule has 1 aromatic carbocycles. The highest BCUT2D eigenvalue weighted by atomic mass is 32.2. The SMILES string of the molecule is C=CC1=C(C(=O)O)N2C(=O)[C@@H](NC(=O)c3ccc(COc4ccc(F)cc4)o3)[C@H]2SC1. The second-order valence-electron chi connectivity index (χ2n) is 6.75. The average Bonchev–Trinajstić information content (AvgIpc) is 3.24. The van der Waals surface area contributed by atoms with Crippen molar-refractivity contribution in [1.29, 1.82) is 0 Å². The predicted molar refractivity (Wildman–Crippen MR) is 109 cm³/mol. The molecule has 2 N–H and O–H groups in total. The van der Waals surface area contributed by atoms with Gasteiger partial charge in [0.25, 0.3) is 11.8 Å². The number of benzene rings is 1. The minimum absolute atomic E-state index is 0.00875. The zero-order chi connectivity index (χ0) is 22.1. The second kappa shape index (κ2) is 8.31. The molecule has 10 heteroatoms. The van der Waals surface area contributed by atoms with E-state index in [-0.39, 0.29) is 23.9 Å². The highest BCUT2D eigenvalue weighted by Gasteiger charge is 2.54. The van der Waals surface area contributed by atoms with Gasteiger partial charge in [-0.3, -0.25) is 14.5 Å². The first-order valence-corrected chi connectivity index (χ1v) is 10.3. The number of nitrogens with one attached hydrogen (secondary N) is 1.